The molecule has 4 heteroatoms. The topological polar surface area (TPSA) is 47.4 Å². The first-order chi connectivity index (χ1) is 8.33. The third kappa shape index (κ3) is 2.66. The molecule has 0 bridgehead atoms. The van der Waals surface area contributed by atoms with E-state index in [1.54, 1.807) is 26.6 Å². The van der Waals surface area contributed by atoms with Crippen molar-refractivity contribution in [2.24, 2.45) is 4.99 Å². The number of ether oxygens (including phenoxy) is 1. The Labute approximate surface area is 100 Å². The zero-order chi connectivity index (χ0) is 12.1. The van der Waals surface area contributed by atoms with Crippen molar-refractivity contribution in [1.82, 2.24) is 9.97 Å². The predicted octanol–water partition coefficient (Wildman–Crippen LogP) is 2.20. The Morgan fingerprint density at radius 1 is 1.24 bits per heavy atom. The van der Waals surface area contributed by atoms with Crippen molar-refractivity contribution < 1.29 is 4.74 Å². The van der Waals surface area contributed by atoms with E-state index in [1.165, 1.54) is 0 Å². The van der Waals surface area contributed by atoms with Crippen molar-refractivity contribution in [2.45, 2.75) is 0 Å². The van der Waals surface area contributed by atoms with Crippen LogP contribution in [0.15, 0.2) is 41.5 Å². The number of aliphatic imine (C=N–C) groups is 1. The van der Waals surface area contributed by atoms with Gasteiger partial charge in [-0.25, -0.2) is 4.98 Å². The highest BCUT2D eigenvalue weighted by Crippen LogP contribution is 2.20. The maximum Gasteiger partial charge on any atom is 0.123 e. The van der Waals surface area contributed by atoms with Crippen molar-refractivity contribution in [2.75, 3.05) is 14.2 Å². The first-order valence-electron chi connectivity index (χ1n) is 5.23. The molecule has 0 spiro atoms. The summed E-state index contributed by atoms with van der Waals surface area (Å²) in [6.07, 6.45) is 3.43. The average molecular weight is 227 g/mol. The number of hydrogen-bond donors (Lipinski definition) is 0. The Morgan fingerprint density at radius 2 is 2.12 bits per heavy atom. The van der Waals surface area contributed by atoms with Gasteiger partial charge in [0.2, 0.25) is 0 Å². The molecule has 0 aliphatic heterocycles. The van der Waals surface area contributed by atoms with Gasteiger partial charge in [0.15, 0.2) is 0 Å². The Balaban J connectivity index is 2.50. The van der Waals surface area contributed by atoms with Gasteiger partial charge < -0.3 is 4.74 Å². The minimum absolute atomic E-state index is 0.746. The second-order valence-electron chi connectivity index (χ2n) is 3.42. The van der Waals surface area contributed by atoms with Crippen molar-refractivity contribution >= 4 is 6.21 Å². The number of methoxy groups -OCH3 is 1. The van der Waals surface area contributed by atoms with Crippen LogP contribution in [0.5, 0.6) is 5.75 Å². The fraction of sp³-hybridized carbons (Fsp3) is 0.154. The van der Waals surface area contributed by atoms with Crippen molar-refractivity contribution in [3.8, 4) is 17.1 Å². The van der Waals surface area contributed by atoms with Gasteiger partial charge in [-0.2, -0.15) is 0 Å². The molecule has 0 aliphatic carbocycles. The highest BCUT2D eigenvalue weighted by atomic mass is 16.5. The molecular formula is C13H13N3O. The van der Waals surface area contributed by atoms with Gasteiger partial charge in [-0.3, -0.25) is 9.98 Å². The summed E-state index contributed by atoms with van der Waals surface area (Å²) >= 11 is 0. The molecule has 0 radical (unpaired) electrons. The molecule has 0 unspecified atom stereocenters. The molecule has 0 saturated carbocycles. The van der Waals surface area contributed by atoms with Gasteiger partial charge >= 0.3 is 0 Å². The van der Waals surface area contributed by atoms with Gasteiger partial charge in [-0.15, -0.1) is 0 Å². The molecule has 0 N–H and O–H groups in total. The van der Waals surface area contributed by atoms with Crippen molar-refractivity contribution in [3.63, 3.8) is 0 Å². The van der Waals surface area contributed by atoms with E-state index in [2.05, 4.69) is 15.0 Å². The summed E-state index contributed by atoms with van der Waals surface area (Å²) in [6.45, 7) is 0. The van der Waals surface area contributed by atoms with E-state index in [9.17, 15) is 0 Å². The van der Waals surface area contributed by atoms with E-state index in [1.807, 2.05) is 30.3 Å². The molecule has 0 amide bonds. The lowest BCUT2D eigenvalue weighted by atomic mass is 10.2. The highest BCUT2D eigenvalue weighted by molar-refractivity contribution is 5.79. The lowest BCUT2D eigenvalue weighted by molar-refractivity contribution is 0.414. The largest absolute Gasteiger partial charge is 0.497 e. The summed E-state index contributed by atoms with van der Waals surface area (Å²) in [5.41, 5.74) is 2.35. The number of rotatable bonds is 3. The van der Waals surface area contributed by atoms with Crippen LogP contribution in [0.2, 0.25) is 0 Å². The van der Waals surface area contributed by atoms with Gasteiger partial charge in [0.05, 0.1) is 24.2 Å². The van der Waals surface area contributed by atoms with Gasteiger partial charge in [0, 0.05) is 31.6 Å². The van der Waals surface area contributed by atoms with Crippen LogP contribution in [0.25, 0.3) is 11.4 Å². The van der Waals surface area contributed by atoms with Crippen LogP contribution in [-0.4, -0.2) is 30.3 Å². The molecule has 86 valence electrons. The lowest BCUT2D eigenvalue weighted by Gasteiger charge is -2.05. The molecule has 2 aromatic heterocycles. The normalized spacial score (nSPS) is 10.7. The van der Waals surface area contributed by atoms with E-state index in [4.69, 9.17) is 4.74 Å². The Bertz CT molecular complexity index is 523. The molecule has 0 saturated heterocycles. The van der Waals surface area contributed by atoms with E-state index in [0.717, 1.165) is 22.8 Å². The smallest absolute Gasteiger partial charge is 0.123 e. The molecule has 0 atom stereocenters. The summed E-state index contributed by atoms with van der Waals surface area (Å²) in [6, 6.07) is 9.40. The predicted molar refractivity (Wildman–Crippen MR) is 67.5 cm³/mol. The van der Waals surface area contributed by atoms with Crippen molar-refractivity contribution in [3.05, 3.63) is 42.2 Å². The van der Waals surface area contributed by atoms with Gasteiger partial charge in [-0.1, -0.05) is 6.07 Å². The second-order valence-corrected chi connectivity index (χ2v) is 3.42. The average Bonchev–Trinajstić information content (AvgIpc) is 2.40. The molecule has 0 aromatic carbocycles. The van der Waals surface area contributed by atoms with E-state index in [0.29, 0.717) is 0 Å². The standard InChI is InChI=1S/C13H13N3O/c1-14-9-10-7-11(17-2)8-13(16-10)12-5-3-4-6-15-12/h3-9H,1-2H3/b14-9+. The third-order valence-corrected chi connectivity index (χ3v) is 2.24. The number of pyridine rings is 2. The van der Waals surface area contributed by atoms with Gasteiger partial charge in [0.25, 0.3) is 0 Å². The van der Waals surface area contributed by atoms with Crippen LogP contribution in [0.3, 0.4) is 0 Å². The lowest BCUT2D eigenvalue weighted by Crippen LogP contribution is -1.95. The zero-order valence-electron chi connectivity index (χ0n) is 9.79. The van der Waals surface area contributed by atoms with E-state index < -0.39 is 0 Å². The third-order valence-electron chi connectivity index (χ3n) is 2.24. The summed E-state index contributed by atoms with van der Waals surface area (Å²) in [4.78, 5) is 12.7. The molecular weight excluding hydrogens is 214 g/mol. The SMILES string of the molecule is C/N=C/c1cc(OC)cc(-c2ccccn2)n1. The molecule has 0 fully saturated rings. The maximum atomic E-state index is 5.23. The Hall–Kier alpha value is -2.23. The molecule has 17 heavy (non-hydrogen) atoms. The summed E-state index contributed by atoms with van der Waals surface area (Å²) in [7, 11) is 3.34. The van der Waals surface area contributed by atoms with Crippen molar-refractivity contribution in [1.29, 1.82) is 0 Å². The molecule has 0 aliphatic rings. The first kappa shape index (κ1) is 11.3. The highest BCUT2D eigenvalue weighted by Gasteiger charge is 2.04. The minimum Gasteiger partial charge on any atom is -0.497 e. The number of nitrogens with zero attached hydrogens (tertiary/aromatic N) is 3. The maximum absolute atomic E-state index is 5.23. The van der Waals surface area contributed by atoms with Gasteiger partial charge in [0.1, 0.15) is 5.75 Å². The van der Waals surface area contributed by atoms with E-state index >= 15 is 0 Å². The summed E-state index contributed by atoms with van der Waals surface area (Å²) < 4.78 is 5.23. The zero-order valence-corrected chi connectivity index (χ0v) is 9.79. The fourth-order valence-corrected chi connectivity index (χ4v) is 1.49. The Kier molecular flexibility index (Phi) is 3.45. The monoisotopic (exact) mass is 227 g/mol. The molecule has 2 aromatic rings. The van der Waals surface area contributed by atoms with Crippen LogP contribution >= 0.6 is 0 Å². The van der Waals surface area contributed by atoms with Gasteiger partial charge in [-0.05, 0) is 12.1 Å². The number of aromatic nitrogens is 2. The van der Waals surface area contributed by atoms with Crippen LogP contribution in [0, 0.1) is 0 Å². The minimum atomic E-state index is 0.746. The van der Waals surface area contributed by atoms with Crippen LogP contribution in [0.1, 0.15) is 5.69 Å². The molecule has 4 nitrogen and oxygen atoms in total. The molecule has 2 heterocycles. The summed E-state index contributed by atoms with van der Waals surface area (Å²) in [5, 5.41) is 0. The molecule has 2 rings (SSSR count). The number of hydrogen-bond acceptors (Lipinski definition) is 4. The van der Waals surface area contributed by atoms with Crippen LogP contribution in [-0.2, 0) is 0 Å². The first-order valence-corrected chi connectivity index (χ1v) is 5.23. The quantitative estimate of drug-likeness (QED) is 0.755. The fourth-order valence-electron chi connectivity index (χ4n) is 1.49. The second kappa shape index (κ2) is 5.21. The Morgan fingerprint density at radius 3 is 2.76 bits per heavy atom. The van der Waals surface area contributed by atoms with Crippen LogP contribution in [0.4, 0.5) is 0 Å². The summed E-state index contributed by atoms with van der Waals surface area (Å²) in [5.74, 6) is 0.746. The van der Waals surface area contributed by atoms with Crippen LogP contribution < -0.4 is 4.74 Å². The van der Waals surface area contributed by atoms with E-state index in [-0.39, 0.29) is 0 Å².